The summed E-state index contributed by atoms with van der Waals surface area (Å²) in [6.45, 7) is 7.38. The van der Waals surface area contributed by atoms with Gasteiger partial charge in [0.15, 0.2) is 0 Å². The van der Waals surface area contributed by atoms with Crippen LogP contribution in [0.4, 0.5) is 0 Å². The van der Waals surface area contributed by atoms with Crippen molar-refractivity contribution in [1.29, 1.82) is 0 Å². The van der Waals surface area contributed by atoms with Gasteiger partial charge in [0.05, 0.1) is 11.4 Å². The highest BCUT2D eigenvalue weighted by Gasteiger charge is 2.23. The van der Waals surface area contributed by atoms with E-state index in [1.165, 1.54) is 35.4 Å². The highest BCUT2D eigenvalue weighted by molar-refractivity contribution is 5.24. The molecular weight excluding hydrogens is 336 g/mol. The molecule has 5 heteroatoms. The number of rotatable bonds is 6. The molecule has 0 amide bonds. The van der Waals surface area contributed by atoms with E-state index in [0.717, 1.165) is 43.9 Å². The average molecular weight is 364 g/mol. The Bertz CT molecular complexity index is 840. The lowest BCUT2D eigenvalue weighted by Gasteiger charge is -2.31. The topological polar surface area (TPSA) is 58.0 Å². The Balaban J connectivity index is 1.28. The van der Waals surface area contributed by atoms with Crippen molar-refractivity contribution in [3.8, 4) is 0 Å². The van der Waals surface area contributed by atoms with Crippen LogP contribution in [0.5, 0.6) is 0 Å². The Morgan fingerprint density at radius 3 is 2.63 bits per heavy atom. The molecule has 4 rings (SSSR count). The van der Waals surface area contributed by atoms with Crippen LogP contribution in [0, 0.1) is 13.8 Å². The molecule has 1 aliphatic rings. The molecule has 1 fully saturated rings. The molecule has 27 heavy (non-hydrogen) atoms. The van der Waals surface area contributed by atoms with Crippen LogP contribution in [0.25, 0.3) is 0 Å². The molecule has 0 radical (unpaired) electrons. The monoisotopic (exact) mass is 364 g/mol. The standard InChI is InChI=1S/C22H28N4O/c1-16-21(17(2)27-25-16)10-13-26-11-8-19(9-12-26)22-15-20(23-24-22)14-18-6-4-3-5-7-18/h3-7,15,19H,8-14H2,1-2H3,(H,23,24). The molecule has 0 spiro atoms. The molecule has 1 aliphatic heterocycles. The summed E-state index contributed by atoms with van der Waals surface area (Å²) in [5.41, 5.74) is 6.06. The van der Waals surface area contributed by atoms with Crippen molar-refractivity contribution in [2.45, 2.75) is 45.4 Å². The van der Waals surface area contributed by atoms with Crippen molar-refractivity contribution in [3.05, 3.63) is 70.4 Å². The lowest BCUT2D eigenvalue weighted by molar-refractivity contribution is 0.213. The van der Waals surface area contributed by atoms with Crippen LogP contribution in [-0.4, -0.2) is 39.9 Å². The number of benzene rings is 1. The minimum atomic E-state index is 0.570. The van der Waals surface area contributed by atoms with E-state index in [0.29, 0.717) is 5.92 Å². The molecule has 3 heterocycles. The van der Waals surface area contributed by atoms with Crippen molar-refractivity contribution in [3.63, 3.8) is 0 Å². The van der Waals surface area contributed by atoms with Crippen molar-refractivity contribution in [2.75, 3.05) is 19.6 Å². The summed E-state index contributed by atoms with van der Waals surface area (Å²) in [7, 11) is 0. The quantitative estimate of drug-likeness (QED) is 0.717. The summed E-state index contributed by atoms with van der Waals surface area (Å²) >= 11 is 0. The van der Waals surface area contributed by atoms with Crippen LogP contribution in [0.15, 0.2) is 40.9 Å². The summed E-state index contributed by atoms with van der Waals surface area (Å²) in [5.74, 6) is 1.53. The molecule has 0 unspecified atom stereocenters. The van der Waals surface area contributed by atoms with Crippen molar-refractivity contribution in [1.82, 2.24) is 20.3 Å². The van der Waals surface area contributed by atoms with Crippen LogP contribution in [0.3, 0.4) is 0 Å². The molecule has 2 aromatic heterocycles. The minimum absolute atomic E-state index is 0.570. The third kappa shape index (κ3) is 4.30. The van der Waals surface area contributed by atoms with E-state index < -0.39 is 0 Å². The zero-order valence-corrected chi connectivity index (χ0v) is 16.2. The number of nitrogens with one attached hydrogen (secondary N) is 1. The van der Waals surface area contributed by atoms with E-state index in [9.17, 15) is 0 Å². The van der Waals surface area contributed by atoms with E-state index in [-0.39, 0.29) is 0 Å². The number of nitrogens with zero attached hydrogens (tertiary/aromatic N) is 3. The number of likely N-dealkylation sites (tertiary alicyclic amines) is 1. The Labute approximate surface area is 160 Å². The first-order valence-electron chi connectivity index (χ1n) is 9.91. The normalized spacial score (nSPS) is 16.1. The van der Waals surface area contributed by atoms with E-state index in [1.54, 1.807) is 0 Å². The maximum Gasteiger partial charge on any atom is 0.137 e. The van der Waals surface area contributed by atoms with Gasteiger partial charge in [0.2, 0.25) is 0 Å². The van der Waals surface area contributed by atoms with Gasteiger partial charge in [0, 0.05) is 30.1 Å². The minimum Gasteiger partial charge on any atom is -0.361 e. The predicted molar refractivity (Wildman–Crippen MR) is 106 cm³/mol. The number of H-pyrrole nitrogens is 1. The van der Waals surface area contributed by atoms with Gasteiger partial charge >= 0.3 is 0 Å². The Morgan fingerprint density at radius 1 is 1.15 bits per heavy atom. The van der Waals surface area contributed by atoms with Crippen molar-refractivity contribution >= 4 is 0 Å². The first-order valence-corrected chi connectivity index (χ1v) is 9.91. The van der Waals surface area contributed by atoms with Gasteiger partial charge in [-0.25, -0.2) is 0 Å². The van der Waals surface area contributed by atoms with Crippen molar-refractivity contribution in [2.24, 2.45) is 0 Å². The van der Waals surface area contributed by atoms with Gasteiger partial charge < -0.3 is 9.42 Å². The van der Waals surface area contributed by atoms with Gasteiger partial charge in [-0.05, 0) is 57.8 Å². The van der Waals surface area contributed by atoms with E-state index in [2.05, 4.69) is 56.7 Å². The van der Waals surface area contributed by atoms with E-state index >= 15 is 0 Å². The summed E-state index contributed by atoms with van der Waals surface area (Å²) < 4.78 is 5.27. The molecular formula is C22H28N4O. The van der Waals surface area contributed by atoms with E-state index in [1.807, 2.05) is 13.8 Å². The Morgan fingerprint density at radius 2 is 1.93 bits per heavy atom. The zero-order chi connectivity index (χ0) is 18.6. The van der Waals surface area contributed by atoms with Crippen LogP contribution < -0.4 is 0 Å². The van der Waals surface area contributed by atoms with Crippen LogP contribution >= 0.6 is 0 Å². The first kappa shape index (κ1) is 18.0. The van der Waals surface area contributed by atoms with Crippen LogP contribution in [0.2, 0.25) is 0 Å². The third-order valence-electron chi connectivity index (χ3n) is 5.75. The molecule has 0 saturated carbocycles. The fraction of sp³-hybridized carbons (Fsp3) is 0.455. The highest BCUT2D eigenvalue weighted by Crippen LogP contribution is 2.27. The Hall–Kier alpha value is -2.40. The molecule has 3 aromatic rings. The summed E-state index contributed by atoms with van der Waals surface area (Å²) in [5, 5.41) is 11.9. The van der Waals surface area contributed by atoms with Gasteiger partial charge in [-0.1, -0.05) is 35.5 Å². The van der Waals surface area contributed by atoms with Crippen molar-refractivity contribution < 1.29 is 4.52 Å². The van der Waals surface area contributed by atoms with Crippen LogP contribution in [-0.2, 0) is 12.8 Å². The SMILES string of the molecule is Cc1noc(C)c1CCN1CCC(c2cc(Cc3ccccc3)[nH]n2)CC1. The second kappa shape index (κ2) is 8.09. The average Bonchev–Trinajstić information content (AvgIpc) is 3.28. The number of aromatic nitrogens is 3. The maximum atomic E-state index is 5.27. The van der Waals surface area contributed by atoms with Gasteiger partial charge in [0.1, 0.15) is 5.76 Å². The summed E-state index contributed by atoms with van der Waals surface area (Å²) in [6, 6.07) is 12.8. The molecule has 1 saturated heterocycles. The molecule has 0 atom stereocenters. The van der Waals surface area contributed by atoms with E-state index in [4.69, 9.17) is 4.52 Å². The summed E-state index contributed by atoms with van der Waals surface area (Å²) in [6.07, 6.45) is 4.30. The number of aromatic amines is 1. The third-order valence-corrected chi connectivity index (χ3v) is 5.75. The zero-order valence-electron chi connectivity index (χ0n) is 16.2. The molecule has 5 nitrogen and oxygen atoms in total. The van der Waals surface area contributed by atoms with Gasteiger partial charge in [-0.2, -0.15) is 5.10 Å². The number of piperidine rings is 1. The smallest absolute Gasteiger partial charge is 0.137 e. The van der Waals surface area contributed by atoms with Crippen LogP contribution in [0.1, 0.15) is 52.7 Å². The maximum absolute atomic E-state index is 5.27. The van der Waals surface area contributed by atoms with Gasteiger partial charge in [0.25, 0.3) is 0 Å². The molecule has 1 N–H and O–H groups in total. The fourth-order valence-corrected chi connectivity index (χ4v) is 4.08. The second-order valence-corrected chi connectivity index (χ2v) is 7.65. The molecule has 142 valence electrons. The number of hydrogen-bond donors (Lipinski definition) is 1. The second-order valence-electron chi connectivity index (χ2n) is 7.65. The largest absolute Gasteiger partial charge is 0.361 e. The molecule has 1 aromatic carbocycles. The highest BCUT2D eigenvalue weighted by atomic mass is 16.5. The lowest BCUT2D eigenvalue weighted by Crippen LogP contribution is -2.34. The fourth-order valence-electron chi connectivity index (χ4n) is 4.08. The van der Waals surface area contributed by atoms with Gasteiger partial charge in [-0.3, -0.25) is 5.10 Å². The number of hydrogen-bond acceptors (Lipinski definition) is 4. The predicted octanol–water partition coefficient (Wildman–Crippen LogP) is 4.03. The van der Waals surface area contributed by atoms with Gasteiger partial charge in [-0.15, -0.1) is 0 Å². The first-order chi connectivity index (χ1) is 13.2. The Kier molecular flexibility index (Phi) is 5.39. The molecule has 0 bridgehead atoms. The summed E-state index contributed by atoms with van der Waals surface area (Å²) in [4.78, 5) is 2.56. The lowest BCUT2D eigenvalue weighted by atomic mass is 9.93. The molecule has 0 aliphatic carbocycles. The number of aryl methyl sites for hydroxylation is 2.